The van der Waals surface area contributed by atoms with Gasteiger partial charge in [0.05, 0.1) is 0 Å². The van der Waals surface area contributed by atoms with Crippen molar-refractivity contribution < 1.29 is 9.59 Å². The molecule has 4 heteroatoms. The van der Waals surface area contributed by atoms with E-state index in [1.165, 1.54) is 30.4 Å². The van der Waals surface area contributed by atoms with Crippen LogP contribution in [0.1, 0.15) is 17.3 Å². The summed E-state index contributed by atoms with van der Waals surface area (Å²) < 4.78 is 0.842. The summed E-state index contributed by atoms with van der Waals surface area (Å²) in [6.07, 6.45) is 1.57. The number of ketones is 2. The highest BCUT2D eigenvalue weighted by molar-refractivity contribution is 8.39. The second kappa shape index (κ2) is 4.89. The van der Waals surface area contributed by atoms with E-state index in [1.54, 1.807) is 6.08 Å². The first-order valence-corrected chi connectivity index (χ1v) is 6.57. The zero-order valence-electron chi connectivity index (χ0n) is 8.67. The summed E-state index contributed by atoms with van der Waals surface area (Å²) in [5, 5.41) is 0. The minimum atomic E-state index is -0.0898. The molecule has 1 aromatic carbocycles. The van der Waals surface area contributed by atoms with E-state index in [2.05, 4.69) is 0 Å². The Bertz CT molecular complexity index is 443. The number of rotatable bonds is 3. The van der Waals surface area contributed by atoms with Gasteiger partial charge in [0.25, 0.3) is 0 Å². The van der Waals surface area contributed by atoms with E-state index in [4.69, 9.17) is 0 Å². The number of allylic oxidation sites excluding steroid dienone is 1. The molecule has 0 bridgehead atoms. The highest BCUT2D eigenvalue weighted by atomic mass is 32.3. The molecule has 16 heavy (non-hydrogen) atoms. The lowest BCUT2D eigenvalue weighted by atomic mass is 10.1. The molecule has 0 aromatic heterocycles. The van der Waals surface area contributed by atoms with E-state index in [0.29, 0.717) is 0 Å². The van der Waals surface area contributed by atoms with Crippen molar-refractivity contribution in [2.45, 2.75) is 11.5 Å². The van der Waals surface area contributed by atoms with Crippen molar-refractivity contribution >= 4 is 35.1 Å². The molecule has 2 nitrogen and oxygen atoms in total. The number of Topliss-reactive ketones (excluding diaryl/α,β-unsaturated/α-hetero) is 1. The molecule has 0 aliphatic carbocycles. The molecule has 1 aliphatic heterocycles. The van der Waals surface area contributed by atoms with Crippen LogP contribution in [-0.4, -0.2) is 16.1 Å². The molecule has 0 amide bonds. The molecule has 0 atom stereocenters. The second-order valence-electron chi connectivity index (χ2n) is 3.37. The number of carbonyl (C=O) groups is 2. The number of hydrogen-bond acceptors (Lipinski definition) is 4. The second-order valence-corrected chi connectivity index (χ2v) is 6.22. The number of carbonyl (C=O) groups excluding carboxylic acids is 2. The Morgan fingerprint density at radius 2 is 1.81 bits per heavy atom. The summed E-state index contributed by atoms with van der Waals surface area (Å²) >= 11 is 2.92. The predicted molar refractivity (Wildman–Crippen MR) is 68.5 cm³/mol. The molecule has 82 valence electrons. The van der Waals surface area contributed by atoms with E-state index in [-0.39, 0.29) is 16.1 Å². The molecule has 1 aromatic rings. The minimum absolute atomic E-state index is 0.0283. The molecule has 1 saturated heterocycles. The van der Waals surface area contributed by atoms with Gasteiger partial charge < -0.3 is 0 Å². The smallest absolute Gasteiger partial charge is 0.186 e. The van der Waals surface area contributed by atoms with E-state index in [9.17, 15) is 9.59 Å². The molecular formula is C12H10O2S2. The van der Waals surface area contributed by atoms with Gasteiger partial charge in [-0.25, -0.2) is 0 Å². The van der Waals surface area contributed by atoms with Gasteiger partial charge in [0.1, 0.15) is 4.58 Å². The van der Waals surface area contributed by atoms with Crippen molar-refractivity contribution in [3.05, 3.63) is 46.2 Å². The Kier molecular flexibility index (Phi) is 3.51. The highest BCUT2D eigenvalue weighted by Crippen LogP contribution is 2.51. The SMILES string of the molecule is CC(=O)C=C1SC(C(=O)c2ccccc2)S1. The Hall–Kier alpha value is -1.00. The van der Waals surface area contributed by atoms with Crippen LogP contribution in [0.4, 0.5) is 0 Å². The lowest BCUT2D eigenvalue weighted by Gasteiger charge is -2.25. The lowest BCUT2D eigenvalue weighted by molar-refractivity contribution is -0.112. The largest absolute Gasteiger partial charge is 0.295 e. The molecule has 0 radical (unpaired) electrons. The van der Waals surface area contributed by atoms with Crippen molar-refractivity contribution in [1.29, 1.82) is 0 Å². The van der Waals surface area contributed by atoms with Gasteiger partial charge in [0, 0.05) is 15.9 Å². The summed E-state index contributed by atoms with van der Waals surface area (Å²) in [7, 11) is 0. The fraction of sp³-hybridized carbons (Fsp3) is 0.167. The van der Waals surface area contributed by atoms with Gasteiger partial charge in [-0.2, -0.15) is 0 Å². The quantitative estimate of drug-likeness (QED) is 0.610. The lowest BCUT2D eigenvalue weighted by Crippen LogP contribution is -2.19. The van der Waals surface area contributed by atoms with Crippen LogP contribution in [0.5, 0.6) is 0 Å². The van der Waals surface area contributed by atoms with E-state index in [0.717, 1.165) is 9.80 Å². The molecule has 0 spiro atoms. The van der Waals surface area contributed by atoms with Crippen molar-refractivity contribution in [3.8, 4) is 0 Å². The first-order valence-electron chi connectivity index (χ1n) is 4.81. The van der Waals surface area contributed by atoms with Crippen LogP contribution >= 0.6 is 23.5 Å². The van der Waals surface area contributed by atoms with Crippen molar-refractivity contribution in [1.82, 2.24) is 0 Å². The van der Waals surface area contributed by atoms with Crippen LogP contribution in [-0.2, 0) is 4.79 Å². The third-order valence-corrected chi connectivity index (χ3v) is 4.75. The monoisotopic (exact) mass is 250 g/mol. The first-order chi connectivity index (χ1) is 7.66. The van der Waals surface area contributed by atoms with Gasteiger partial charge in [-0.05, 0) is 6.92 Å². The van der Waals surface area contributed by atoms with Crippen LogP contribution < -0.4 is 0 Å². The molecule has 1 heterocycles. The summed E-state index contributed by atoms with van der Waals surface area (Å²) in [5.74, 6) is 0.150. The van der Waals surface area contributed by atoms with E-state index >= 15 is 0 Å². The third kappa shape index (κ3) is 2.57. The van der Waals surface area contributed by atoms with Crippen LogP contribution in [0.3, 0.4) is 0 Å². The van der Waals surface area contributed by atoms with E-state index < -0.39 is 0 Å². The van der Waals surface area contributed by atoms with Gasteiger partial charge in [-0.1, -0.05) is 53.9 Å². The third-order valence-electron chi connectivity index (χ3n) is 2.04. The molecule has 1 aliphatic rings. The number of thioether (sulfide) groups is 2. The fourth-order valence-corrected chi connectivity index (χ4v) is 3.60. The number of benzene rings is 1. The Labute approximate surface area is 102 Å². The molecule has 0 N–H and O–H groups in total. The highest BCUT2D eigenvalue weighted by Gasteiger charge is 2.32. The fourth-order valence-electron chi connectivity index (χ4n) is 1.30. The molecule has 0 unspecified atom stereocenters. The zero-order chi connectivity index (χ0) is 11.5. The molecule has 2 rings (SSSR count). The Morgan fingerprint density at radius 3 is 2.38 bits per heavy atom. The number of hydrogen-bond donors (Lipinski definition) is 0. The standard InChI is InChI=1S/C12H10O2S2/c1-8(13)7-10-15-12(16-10)11(14)9-5-3-2-4-6-9/h2-7,12H,1H3. The van der Waals surface area contributed by atoms with Crippen molar-refractivity contribution in [2.24, 2.45) is 0 Å². The van der Waals surface area contributed by atoms with Gasteiger partial charge >= 0.3 is 0 Å². The average molecular weight is 250 g/mol. The topological polar surface area (TPSA) is 34.1 Å². The van der Waals surface area contributed by atoms with Gasteiger partial charge in [0.15, 0.2) is 11.6 Å². The molecular weight excluding hydrogens is 240 g/mol. The van der Waals surface area contributed by atoms with Crippen molar-refractivity contribution in [2.75, 3.05) is 0 Å². The maximum absolute atomic E-state index is 11.9. The zero-order valence-corrected chi connectivity index (χ0v) is 10.3. The molecule has 0 saturated carbocycles. The first kappa shape index (κ1) is 11.5. The van der Waals surface area contributed by atoms with Gasteiger partial charge in [-0.15, -0.1) is 0 Å². The van der Waals surface area contributed by atoms with E-state index in [1.807, 2.05) is 30.3 Å². The molecule has 1 fully saturated rings. The maximum atomic E-state index is 11.9. The summed E-state index contributed by atoms with van der Waals surface area (Å²) in [5.41, 5.74) is 0.731. The summed E-state index contributed by atoms with van der Waals surface area (Å²) in [6.45, 7) is 1.51. The van der Waals surface area contributed by atoms with Crippen LogP contribution in [0.15, 0.2) is 40.6 Å². The van der Waals surface area contributed by atoms with Gasteiger partial charge in [0.2, 0.25) is 0 Å². The van der Waals surface area contributed by atoms with Crippen LogP contribution in [0.2, 0.25) is 0 Å². The van der Waals surface area contributed by atoms with Crippen molar-refractivity contribution in [3.63, 3.8) is 0 Å². The minimum Gasteiger partial charge on any atom is -0.295 e. The maximum Gasteiger partial charge on any atom is 0.186 e. The van der Waals surface area contributed by atoms with Gasteiger partial charge in [-0.3, -0.25) is 9.59 Å². The Balaban J connectivity index is 1.99. The Morgan fingerprint density at radius 1 is 1.19 bits per heavy atom. The average Bonchev–Trinajstić information content (AvgIpc) is 2.23. The summed E-state index contributed by atoms with van der Waals surface area (Å²) in [4.78, 5) is 22.7. The van der Waals surface area contributed by atoms with Crippen LogP contribution in [0.25, 0.3) is 0 Å². The summed E-state index contributed by atoms with van der Waals surface area (Å²) in [6, 6.07) is 9.23. The normalized spacial score (nSPS) is 18.8. The van der Waals surface area contributed by atoms with Crippen LogP contribution in [0, 0.1) is 0 Å². The predicted octanol–water partition coefficient (Wildman–Crippen LogP) is 3.11.